The molecule has 1 rings (SSSR count). The van der Waals surface area contributed by atoms with E-state index >= 15 is 0 Å². The number of hydrogen-bond acceptors (Lipinski definition) is 2. The third-order valence-corrected chi connectivity index (χ3v) is 3.51. The van der Waals surface area contributed by atoms with Crippen LogP contribution < -0.4 is 0 Å². The average Bonchev–Trinajstić information content (AvgIpc) is 2.07. The van der Waals surface area contributed by atoms with Gasteiger partial charge >= 0.3 is 0 Å². The van der Waals surface area contributed by atoms with Gasteiger partial charge in [-0.25, -0.2) is 8.78 Å². The summed E-state index contributed by atoms with van der Waals surface area (Å²) in [4.78, 5) is 4.31. The standard InChI is InChI=1S/C13H26F2N2/c1-10-7-16(12(3,4)5)8-11(2)17(10)9-13(6,14)15/h10-11H,7-9H2,1-6H3/t10-,11+. The second-order valence-corrected chi connectivity index (χ2v) is 6.52. The molecule has 1 aliphatic heterocycles. The smallest absolute Gasteiger partial charge is 0.257 e. The molecular formula is C13H26F2N2. The Labute approximate surface area is 104 Å². The molecule has 0 N–H and O–H groups in total. The van der Waals surface area contributed by atoms with E-state index in [-0.39, 0.29) is 24.2 Å². The molecule has 1 saturated heterocycles. The first-order valence-corrected chi connectivity index (χ1v) is 6.39. The van der Waals surface area contributed by atoms with Crippen molar-refractivity contribution >= 4 is 0 Å². The number of halogens is 2. The van der Waals surface area contributed by atoms with E-state index in [4.69, 9.17) is 0 Å². The summed E-state index contributed by atoms with van der Waals surface area (Å²) in [7, 11) is 0. The van der Waals surface area contributed by atoms with Crippen molar-refractivity contribution in [3.63, 3.8) is 0 Å². The summed E-state index contributed by atoms with van der Waals surface area (Å²) in [5, 5.41) is 0. The highest BCUT2D eigenvalue weighted by Gasteiger charge is 2.37. The van der Waals surface area contributed by atoms with Gasteiger partial charge in [0.05, 0.1) is 6.54 Å². The van der Waals surface area contributed by atoms with Gasteiger partial charge in [-0.1, -0.05) is 0 Å². The molecule has 0 saturated carbocycles. The van der Waals surface area contributed by atoms with Gasteiger partial charge in [0.1, 0.15) is 0 Å². The molecule has 0 aromatic carbocycles. The number of rotatable bonds is 2. The fraction of sp³-hybridized carbons (Fsp3) is 1.00. The van der Waals surface area contributed by atoms with Gasteiger partial charge in [0.2, 0.25) is 0 Å². The average molecular weight is 248 g/mol. The van der Waals surface area contributed by atoms with Crippen LogP contribution in [0, 0.1) is 0 Å². The number of hydrogen-bond donors (Lipinski definition) is 0. The van der Waals surface area contributed by atoms with Crippen LogP contribution in [0.5, 0.6) is 0 Å². The van der Waals surface area contributed by atoms with Crippen LogP contribution in [0.25, 0.3) is 0 Å². The maximum atomic E-state index is 13.1. The highest BCUT2D eigenvalue weighted by molar-refractivity contribution is 4.91. The van der Waals surface area contributed by atoms with Crippen LogP contribution in [0.1, 0.15) is 41.5 Å². The Hall–Kier alpha value is -0.220. The van der Waals surface area contributed by atoms with Crippen molar-refractivity contribution < 1.29 is 8.78 Å². The molecule has 0 radical (unpaired) electrons. The van der Waals surface area contributed by atoms with Gasteiger partial charge in [-0.05, 0) is 34.6 Å². The van der Waals surface area contributed by atoms with Crippen LogP contribution in [-0.4, -0.2) is 53.0 Å². The first-order valence-electron chi connectivity index (χ1n) is 6.39. The topological polar surface area (TPSA) is 6.48 Å². The van der Waals surface area contributed by atoms with Crippen molar-refractivity contribution in [3.8, 4) is 0 Å². The van der Waals surface area contributed by atoms with Crippen LogP contribution in [0.15, 0.2) is 0 Å². The van der Waals surface area contributed by atoms with Crippen molar-refractivity contribution in [3.05, 3.63) is 0 Å². The minimum absolute atomic E-state index is 0.114. The molecule has 0 spiro atoms. The molecule has 0 bridgehead atoms. The van der Waals surface area contributed by atoms with Crippen molar-refractivity contribution in [2.75, 3.05) is 19.6 Å². The summed E-state index contributed by atoms with van der Waals surface area (Å²) in [6.07, 6.45) is 0. The zero-order chi connectivity index (χ0) is 13.4. The summed E-state index contributed by atoms with van der Waals surface area (Å²) >= 11 is 0. The summed E-state index contributed by atoms with van der Waals surface area (Å²) in [6, 6.07) is 0.368. The summed E-state index contributed by atoms with van der Waals surface area (Å²) < 4.78 is 26.3. The van der Waals surface area contributed by atoms with E-state index in [9.17, 15) is 8.78 Å². The molecule has 1 fully saturated rings. The second kappa shape index (κ2) is 4.81. The summed E-state index contributed by atoms with van der Waals surface area (Å²) in [6.45, 7) is 13.2. The Morgan fingerprint density at radius 1 is 1.00 bits per heavy atom. The highest BCUT2D eigenvalue weighted by Crippen LogP contribution is 2.25. The molecule has 0 unspecified atom stereocenters. The number of alkyl halides is 2. The maximum absolute atomic E-state index is 13.1. The van der Waals surface area contributed by atoms with Gasteiger partial charge in [0, 0.05) is 37.6 Å². The Kier molecular flexibility index (Phi) is 4.20. The van der Waals surface area contributed by atoms with E-state index in [1.165, 1.54) is 0 Å². The van der Waals surface area contributed by atoms with Crippen molar-refractivity contribution in [1.29, 1.82) is 0 Å². The van der Waals surface area contributed by atoms with Gasteiger partial charge in [-0.15, -0.1) is 0 Å². The zero-order valence-electron chi connectivity index (χ0n) is 11.9. The van der Waals surface area contributed by atoms with E-state index in [0.29, 0.717) is 0 Å². The SMILES string of the molecule is C[C@@H]1CN(C(C)(C)C)C[C@H](C)N1CC(C)(F)F. The van der Waals surface area contributed by atoms with Crippen molar-refractivity contribution in [2.45, 2.75) is 65.1 Å². The van der Waals surface area contributed by atoms with Crippen molar-refractivity contribution in [2.24, 2.45) is 0 Å². The monoisotopic (exact) mass is 248 g/mol. The molecule has 0 amide bonds. The minimum atomic E-state index is -2.60. The molecule has 4 heteroatoms. The summed E-state index contributed by atoms with van der Waals surface area (Å²) in [5.74, 6) is -2.60. The van der Waals surface area contributed by atoms with Crippen LogP contribution >= 0.6 is 0 Å². The molecule has 17 heavy (non-hydrogen) atoms. The normalized spacial score (nSPS) is 29.6. The van der Waals surface area contributed by atoms with Gasteiger partial charge in [0.15, 0.2) is 0 Å². The fourth-order valence-corrected chi connectivity index (χ4v) is 2.54. The summed E-state index contributed by atoms with van der Waals surface area (Å²) in [5.41, 5.74) is 0.114. The molecule has 1 heterocycles. The van der Waals surface area contributed by atoms with Crippen molar-refractivity contribution in [1.82, 2.24) is 9.80 Å². The van der Waals surface area contributed by atoms with Gasteiger partial charge < -0.3 is 0 Å². The third-order valence-electron chi connectivity index (χ3n) is 3.51. The fourth-order valence-electron chi connectivity index (χ4n) is 2.54. The van der Waals surface area contributed by atoms with Gasteiger partial charge in [-0.3, -0.25) is 9.80 Å². The zero-order valence-corrected chi connectivity index (χ0v) is 11.9. The van der Waals surface area contributed by atoms with E-state index < -0.39 is 5.92 Å². The van der Waals surface area contributed by atoms with Gasteiger partial charge in [0.25, 0.3) is 5.92 Å². The number of piperazine rings is 1. The van der Waals surface area contributed by atoms with E-state index in [1.54, 1.807) is 0 Å². The predicted octanol–water partition coefficient (Wildman–Crippen LogP) is 2.83. The van der Waals surface area contributed by atoms with Crippen LogP contribution in [0.3, 0.4) is 0 Å². The molecule has 2 nitrogen and oxygen atoms in total. The Bertz CT molecular complexity index is 243. The molecule has 0 aliphatic carbocycles. The lowest BCUT2D eigenvalue weighted by Crippen LogP contribution is -2.62. The maximum Gasteiger partial charge on any atom is 0.257 e. The first kappa shape index (κ1) is 14.8. The molecule has 0 aromatic heterocycles. The quantitative estimate of drug-likeness (QED) is 0.741. The van der Waals surface area contributed by atoms with E-state index in [2.05, 4.69) is 25.7 Å². The van der Waals surface area contributed by atoms with Crippen LogP contribution in [0.4, 0.5) is 8.78 Å². The molecule has 0 aromatic rings. The van der Waals surface area contributed by atoms with E-state index in [1.807, 2.05) is 18.7 Å². The lowest BCUT2D eigenvalue weighted by Gasteiger charge is -2.49. The Morgan fingerprint density at radius 2 is 1.41 bits per heavy atom. The lowest BCUT2D eigenvalue weighted by atomic mass is 9.99. The van der Waals surface area contributed by atoms with E-state index in [0.717, 1.165) is 20.0 Å². The van der Waals surface area contributed by atoms with Crippen LogP contribution in [0.2, 0.25) is 0 Å². The highest BCUT2D eigenvalue weighted by atomic mass is 19.3. The molecule has 102 valence electrons. The van der Waals surface area contributed by atoms with Crippen LogP contribution in [-0.2, 0) is 0 Å². The minimum Gasteiger partial charge on any atom is -0.295 e. The molecular weight excluding hydrogens is 222 g/mol. The largest absolute Gasteiger partial charge is 0.295 e. The number of nitrogens with zero attached hydrogens (tertiary/aromatic N) is 2. The van der Waals surface area contributed by atoms with Gasteiger partial charge in [-0.2, -0.15) is 0 Å². The molecule has 2 atom stereocenters. The predicted molar refractivity (Wildman–Crippen MR) is 67.6 cm³/mol. The third kappa shape index (κ3) is 4.18. The lowest BCUT2D eigenvalue weighted by molar-refractivity contribution is -0.0716. The second-order valence-electron chi connectivity index (χ2n) is 6.52. The molecule has 1 aliphatic rings. The Balaban J connectivity index is 2.69. The Morgan fingerprint density at radius 3 is 1.71 bits per heavy atom. The first-order chi connectivity index (χ1) is 7.50.